The predicted molar refractivity (Wildman–Crippen MR) is 74.5 cm³/mol. The maximum absolute atomic E-state index is 11.9. The zero-order valence-electron chi connectivity index (χ0n) is 10.7. The topological polar surface area (TPSA) is 58.2 Å². The Hall–Kier alpha value is -2.14. The van der Waals surface area contributed by atoms with Crippen LogP contribution in [0.5, 0.6) is 0 Å². The number of hydrogen-bond acceptors (Lipinski definition) is 3. The van der Waals surface area contributed by atoms with Crippen molar-refractivity contribution >= 4 is 29.3 Å². The first-order valence-corrected chi connectivity index (χ1v) is 6.62. The van der Waals surface area contributed by atoms with Crippen LogP contribution in [0.4, 0.5) is 18.9 Å². The van der Waals surface area contributed by atoms with Crippen LogP contribution in [-0.2, 0) is 9.59 Å². The summed E-state index contributed by atoms with van der Waals surface area (Å²) >= 11 is -0.464. The van der Waals surface area contributed by atoms with Crippen LogP contribution in [0, 0.1) is 12.3 Å². The van der Waals surface area contributed by atoms with Crippen LogP contribution in [0.3, 0.4) is 0 Å². The van der Waals surface area contributed by atoms with Gasteiger partial charge >= 0.3 is 5.51 Å². The standard InChI is InChI=1S/C13H11F3N2O2S/c1-2-9-4-3-5-10(6-9)18-11(19)7-17-12(20)8-21-13(14,15)16/h1,3-6H,7-8H2,(H,17,20)(H,18,19). The predicted octanol–water partition coefficient (Wildman–Crippen LogP) is 1.98. The van der Waals surface area contributed by atoms with Crippen molar-refractivity contribution in [3.63, 3.8) is 0 Å². The van der Waals surface area contributed by atoms with Crippen molar-refractivity contribution in [2.45, 2.75) is 5.51 Å². The largest absolute Gasteiger partial charge is 0.442 e. The van der Waals surface area contributed by atoms with Gasteiger partial charge in [0.15, 0.2) is 0 Å². The molecule has 0 spiro atoms. The van der Waals surface area contributed by atoms with Crippen molar-refractivity contribution in [3.8, 4) is 12.3 Å². The number of carbonyl (C=O) groups is 2. The lowest BCUT2D eigenvalue weighted by Crippen LogP contribution is -2.34. The monoisotopic (exact) mass is 316 g/mol. The number of benzene rings is 1. The molecule has 0 saturated heterocycles. The van der Waals surface area contributed by atoms with Gasteiger partial charge in [0, 0.05) is 11.3 Å². The third-order valence-corrected chi connectivity index (χ3v) is 2.86. The minimum atomic E-state index is -4.48. The van der Waals surface area contributed by atoms with E-state index in [1.807, 2.05) is 0 Å². The molecule has 1 aromatic carbocycles. The molecule has 2 N–H and O–H groups in total. The molecule has 1 rings (SSSR count). The maximum Gasteiger partial charge on any atom is 0.442 e. The second kappa shape index (κ2) is 7.59. The van der Waals surface area contributed by atoms with E-state index in [0.29, 0.717) is 11.3 Å². The van der Waals surface area contributed by atoms with E-state index in [4.69, 9.17) is 6.42 Å². The molecule has 1 aromatic rings. The molecule has 0 atom stereocenters. The fourth-order valence-corrected chi connectivity index (χ4v) is 1.67. The van der Waals surface area contributed by atoms with E-state index < -0.39 is 41.4 Å². The number of hydrogen-bond donors (Lipinski definition) is 2. The highest BCUT2D eigenvalue weighted by Gasteiger charge is 2.29. The van der Waals surface area contributed by atoms with Gasteiger partial charge in [-0.15, -0.1) is 6.42 Å². The summed E-state index contributed by atoms with van der Waals surface area (Å²) in [6, 6.07) is 6.47. The summed E-state index contributed by atoms with van der Waals surface area (Å²) < 4.78 is 35.6. The van der Waals surface area contributed by atoms with Crippen LogP contribution < -0.4 is 10.6 Å². The van der Waals surface area contributed by atoms with E-state index in [9.17, 15) is 22.8 Å². The van der Waals surface area contributed by atoms with Crippen molar-refractivity contribution in [2.24, 2.45) is 0 Å². The van der Waals surface area contributed by atoms with E-state index in [2.05, 4.69) is 16.6 Å². The van der Waals surface area contributed by atoms with Crippen LogP contribution in [0.15, 0.2) is 24.3 Å². The Labute approximate surface area is 123 Å². The van der Waals surface area contributed by atoms with Gasteiger partial charge in [0.1, 0.15) is 0 Å². The van der Waals surface area contributed by atoms with Crippen molar-refractivity contribution in [3.05, 3.63) is 29.8 Å². The number of rotatable bonds is 5. The van der Waals surface area contributed by atoms with Gasteiger partial charge in [-0.25, -0.2) is 0 Å². The molecule has 0 aliphatic heterocycles. The molecule has 0 unspecified atom stereocenters. The number of nitrogens with one attached hydrogen (secondary N) is 2. The van der Waals surface area contributed by atoms with Gasteiger partial charge in [-0.1, -0.05) is 12.0 Å². The molecule has 0 aromatic heterocycles. The van der Waals surface area contributed by atoms with E-state index >= 15 is 0 Å². The molecule has 0 heterocycles. The molecule has 0 aliphatic carbocycles. The highest BCUT2D eigenvalue weighted by molar-refractivity contribution is 8.00. The third-order valence-electron chi connectivity index (χ3n) is 2.13. The van der Waals surface area contributed by atoms with E-state index in [0.717, 1.165) is 0 Å². The fourth-order valence-electron chi connectivity index (χ4n) is 1.27. The van der Waals surface area contributed by atoms with E-state index in [1.165, 1.54) is 0 Å². The number of thioether (sulfide) groups is 1. The highest BCUT2D eigenvalue weighted by Crippen LogP contribution is 2.29. The Morgan fingerprint density at radius 3 is 2.62 bits per heavy atom. The Morgan fingerprint density at radius 1 is 1.29 bits per heavy atom. The van der Waals surface area contributed by atoms with Gasteiger partial charge in [0.25, 0.3) is 0 Å². The average Bonchev–Trinajstić information content (AvgIpc) is 2.42. The molecule has 0 aliphatic rings. The van der Waals surface area contributed by atoms with Gasteiger partial charge in [-0.05, 0) is 30.0 Å². The lowest BCUT2D eigenvalue weighted by atomic mass is 10.2. The number of amides is 2. The molecule has 0 fully saturated rings. The first-order valence-electron chi connectivity index (χ1n) is 5.64. The molecule has 4 nitrogen and oxygen atoms in total. The summed E-state index contributed by atoms with van der Waals surface area (Å²) in [5.41, 5.74) is -3.47. The summed E-state index contributed by atoms with van der Waals surface area (Å²) in [5.74, 6) is 0.172. The zero-order valence-corrected chi connectivity index (χ0v) is 11.5. The maximum atomic E-state index is 11.9. The molecular formula is C13H11F3N2O2S. The van der Waals surface area contributed by atoms with Crippen LogP contribution >= 0.6 is 11.8 Å². The van der Waals surface area contributed by atoms with Crippen molar-refractivity contribution in [1.82, 2.24) is 5.32 Å². The number of anilines is 1. The normalized spacial score (nSPS) is 10.6. The summed E-state index contributed by atoms with van der Waals surface area (Å²) in [6.07, 6.45) is 5.20. The van der Waals surface area contributed by atoms with E-state index in [-0.39, 0.29) is 0 Å². The molecule has 2 amide bonds. The average molecular weight is 316 g/mol. The molecule has 0 saturated carbocycles. The van der Waals surface area contributed by atoms with Gasteiger partial charge < -0.3 is 10.6 Å². The Balaban J connectivity index is 2.37. The summed E-state index contributed by atoms with van der Waals surface area (Å²) in [4.78, 5) is 22.6. The molecule has 8 heteroatoms. The lowest BCUT2D eigenvalue weighted by molar-refractivity contribution is -0.122. The van der Waals surface area contributed by atoms with Crippen LogP contribution in [0.1, 0.15) is 5.56 Å². The summed E-state index contributed by atoms with van der Waals surface area (Å²) in [5, 5.41) is 4.56. The van der Waals surface area contributed by atoms with Gasteiger partial charge in [0.05, 0.1) is 12.3 Å². The van der Waals surface area contributed by atoms with Gasteiger partial charge in [-0.3, -0.25) is 9.59 Å². The minimum absolute atomic E-state index is 0.419. The summed E-state index contributed by atoms with van der Waals surface area (Å²) in [7, 11) is 0. The first-order chi connectivity index (χ1) is 9.80. The quantitative estimate of drug-likeness (QED) is 0.817. The van der Waals surface area contributed by atoms with Crippen molar-refractivity contribution < 1.29 is 22.8 Å². The zero-order chi connectivity index (χ0) is 15.9. The molecule has 0 bridgehead atoms. The van der Waals surface area contributed by atoms with Crippen LogP contribution in [0.25, 0.3) is 0 Å². The molecule has 0 radical (unpaired) electrons. The Bertz CT molecular complexity index is 567. The Morgan fingerprint density at radius 2 is 2.00 bits per heavy atom. The second-order valence-corrected chi connectivity index (χ2v) is 4.82. The second-order valence-electron chi connectivity index (χ2n) is 3.78. The van der Waals surface area contributed by atoms with E-state index in [1.54, 1.807) is 24.3 Å². The molecule has 21 heavy (non-hydrogen) atoms. The lowest BCUT2D eigenvalue weighted by Gasteiger charge is -2.08. The first kappa shape index (κ1) is 16.9. The Kier molecular flexibility index (Phi) is 6.11. The van der Waals surface area contributed by atoms with Crippen molar-refractivity contribution in [2.75, 3.05) is 17.6 Å². The third kappa shape index (κ3) is 7.27. The number of alkyl halides is 3. The number of terminal acetylenes is 1. The van der Waals surface area contributed by atoms with Gasteiger partial charge in [0.2, 0.25) is 11.8 Å². The molecule has 112 valence electrons. The minimum Gasteiger partial charge on any atom is -0.346 e. The van der Waals surface area contributed by atoms with Crippen LogP contribution in [-0.4, -0.2) is 29.6 Å². The number of carbonyl (C=O) groups excluding carboxylic acids is 2. The SMILES string of the molecule is C#Cc1cccc(NC(=O)CNC(=O)CSC(F)(F)F)c1. The van der Waals surface area contributed by atoms with Crippen LogP contribution in [0.2, 0.25) is 0 Å². The smallest absolute Gasteiger partial charge is 0.346 e. The highest BCUT2D eigenvalue weighted by atomic mass is 32.2. The van der Waals surface area contributed by atoms with Crippen molar-refractivity contribution in [1.29, 1.82) is 0 Å². The number of halogens is 3. The molecular weight excluding hydrogens is 305 g/mol. The fraction of sp³-hybridized carbons (Fsp3) is 0.231. The summed E-state index contributed by atoms with van der Waals surface area (Å²) in [6.45, 7) is -0.419. The van der Waals surface area contributed by atoms with Gasteiger partial charge in [-0.2, -0.15) is 13.2 Å².